The van der Waals surface area contributed by atoms with Crippen LogP contribution < -0.4 is 0 Å². The summed E-state index contributed by atoms with van der Waals surface area (Å²) in [7, 11) is 0. The lowest BCUT2D eigenvalue weighted by molar-refractivity contribution is 0.685. The van der Waals surface area contributed by atoms with Gasteiger partial charge >= 0.3 is 0 Å². The van der Waals surface area contributed by atoms with Gasteiger partial charge in [-0.2, -0.15) is 5.10 Å². The van der Waals surface area contributed by atoms with Crippen molar-refractivity contribution in [3.8, 4) is 0 Å². The maximum atomic E-state index is 5.99. The maximum absolute atomic E-state index is 5.99. The van der Waals surface area contributed by atoms with E-state index in [9.17, 15) is 0 Å². The molecule has 2 aromatic rings. The second-order valence-electron chi connectivity index (χ2n) is 2.95. The van der Waals surface area contributed by atoms with Crippen LogP contribution >= 0.6 is 34.8 Å². The van der Waals surface area contributed by atoms with Gasteiger partial charge in [0.25, 0.3) is 0 Å². The quantitative estimate of drug-likeness (QED) is 0.778. The molecule has 0 saturated carbocycles. The molecule has 78 valence electrons. The third kappa shape index (κ3) is 2.62. The van der Waals surface area contributed by atoms with Gasteiger partial charge in [-0.3, -0.25) is 4.68 Å². The highest BCUT2D eigenvalue weighted by molar-refractivity contribution is 6.34. The average molecular weight is 263 g/mol. The Morgan fingerprint density at radius 2 is 2.00 bits per heavy atom. The lowest BCUT2D eigenvalue weighted by Gasteiger charge is -2.03. The van der Waals surface area contributed by atoms with E-state index >= 15 is 0 Å². The standard InChI is InChI=1S/C9H6Cl3N3/c10-7-3-14-15(5-7)4-6-2-13-9(12)1-8(6)11/h1-3,5H,4H2. The fourth-order valence-electron chi connectivity index (χ4n) is 1.15. The summed E-state index contributed by atoms with van der Waals surface area (Å²) < 4.78 is 1.68. The number of aromatic nitrogens is 3. The Morgan fingerprint density at radius 1 is 1.20 bits per heavy atom. The van der Waals surface area contributed by atoms with Gasteiger partial charge in [-0.1, -0.05) is 34.8 Å². The van der Waals surface area contributed by atoms with Crippen molar-refractivity contribution in [2.75, 3.05) is 0 Å². The van der Waals surface area contributed by atoms with Crippen LogP contribution in [0.4, 0.5) is 0 Å². The highest BCUT2D eigenvalue weighted by Crippen LogP contribution is 2.19. The topological polar surface area (TPSA) is 30.7 Å². The second-order valence-corrected chi connectivity index (χ2v) is 4.19. The van der Waals surface area contributed by atoms with Crippen molar-refractivity contribution in [1.29, 1.82) is 0 Å². The Bertz CT molecular complexity index is 481. The zero-order chi connectivity index (χ0) is 10.8. The van der Waals surface area contributed by atoms with Gasteiger partial charge in [-0.15, -0.1) is 0 Å². The van der Waals surface area contributed by atoms with Gasteiger partial charge in [-0.25, -0.2) is 4.98 Å². The molecule has 2 rings (SSSR count). The molecule has 2 heterocycles. The average Bonchev–Trinajstić information content (AvgIpc) is 2.56. The van der Waals surface area contributed by atoms with Gasteiger partial charge in [0, 0.05) is 18.0 Å². The first-order valence-corrected chi connectivity index (χ1v) is 5.26. The lowest BCUT2D eigenvalue weighted by Crippen LogP contribution is -2.01. The van der Waals surface area contributed by atoms with Crippen LogP contribution in [0.1, 0.15) is 5.56 Å². The predicted molar refractivity (Wildman–Crippen MR) is 60.6 cm³/mol. The smallest absolute Gasteiger partial charge is 0.130 e. The maximum Gasteiger partial charge on any atom is 0.130 e. The molecule has 6 heteroatoms. The Morgan fingerprint density at radius 3 is 2.60 bits per heavy atom. The second kappa shape index (κ2) is 4.39. The number of hydrogen-bond donors (Lipinski definition) is 0. The van der Waals surface area contributed by atoms with E-state index in [1.165, 1.54) is 0 Å². The van der Waals surface area contributed by atoms with Crippen LogP contribution in [0.25, 0.3) is 0 Å². The molecule has 0 spiro atoms. The van der Waals surface area contributed by atoms with Crippen LogP contribution in [-0.2, 0) is 6.54 Å². The minimum absolute atomic E-state index is 0.377. The summed E-state index contributed by atoms with van der Waals surface area (Å²) in [5.41, 5.74) is 0.848. The molecule has 0 bridgehead atoms. The normalized spacial score (nSPS) is 10.6. The van der Waals surface area contributed by atoms with Crippen LogP contribution in [-0.4, -0.2) is 14.8 Å². The summed E-state index contributed by atoms with van der Waals surface area (Å²) in [5.74, 6) is 0. The predicted octanol–water partition coefficient (Wildman–Crippen LogP) is 3.29. The monoisotopic (exact) mass is 261 g/mol. The van der Waals surface area contributed by atoms with Crippen molar-refractivity contribution in [2.45, 2.75) is 6.54 Å². The van der Waals surface area contributed by atoms with Crippen LogP contribution in [0.3, 0.4) is 0 Å². The minimum atomic E-state index is 0.377. The Balaban J connectivity index is 2.24. The number of halogens is 3. The fourth-order valence-corrected chi connectivity index (χ4v) is 1.73. The van der Waals surface area contributed by atoms with Crippen molar-refractivity contribution >= 4 is 34.8 Å². The Kier molecular flexibility index (Phi) is 3.14. The molecular formula is C9H6Cl3N3. The molecule has 0 aliphatic heterocycles. The number of pyridine rings is 1. The summed E-state index contributed by atoms with van der Waals surface area (Å²) in [4.78, 5) is 3.95. The van der Waals surface area contributed by atoms with E-state index in [1.54, 1.807) is 29.3 Å². The van der Waals surface area contributed by atoms with Crippen molar-refractivity contribution < 1.29 is 0 Å². The molecule has 0 fully saturated rings. The molecule has 3 nitrogen and oxygen atoms in total. The number of rotatable bonds is 2. The lowest BCUT2D eigenvalue weighted by atomic mass is 10.3. The third-order valence-electron chi connectivity index (χ3n) is 1.83. The van der Waals surface area contributed by atoms with Crippen molar-refractivity contribution in [3.63, 3.8) is 0 Å². The van der Waals surface area contributed by atoms with E-state index in [-0.39, 0.29) is 0 Å². The van der Waals surface area contributed by atoms with E-state index in [2.05, 4.69) is 10.1 Å². The molecule has 0 amide bonds. The molecule has 15 heavy (non-hydrogen) atoms. The molecule has 0 aliphatic rings. The molecule has 0 atom stereocenters. The number of hydrogen-bond acceptors (Lipinski definition) is 2. The number of nitrogens with zero attached hydrogens (tertiary/aromatic N) is 3. The van der Waals surface area contributed by atoms with Crippen molar-refractivity contribution in [2.24, 2.45) is 0 Å². The van der Waals surface area contributed by atoms with Gasteiger partial charge in [0.1, 0.15) is 5.15 Å². The van der Waals surface area contributed by atoms with E-state index < -0.39 is 0 Å². The van der Waals surface area contributed by atoms with Crippen LogP contribution in [0.2, 0.25) is 15.2 Å². The first kappa shape index (κ1) is 10.7. The molecular weight excluding hydrogens is 256 g/mol. The van der Waals surface area contributed by atoms with Gasteiger partial charge in [-0.05, 0) is 6.07 Å². The molecule has 0 radical (unpaired) electrons. The van der Waals surface area contributed by atoms with Crippen LogP contribution in [0, 0.1) is 0 Å². The van der Waals surface area contributed by atoms with Gasteiger partial charge in [0.05, 0.1) is 22.8 Å². The molecule has 0 aromatic carbocycles. The molecule has 0 saturated heterocycles. The summed E-state index contributed by atoms with van der Waals surface area (Å²) in [6, 6.07) is 1.60. The van der Waals surface area contributed by atoms with E-state index in [1.807, 2.05) is 0 Å². The highest BCUT2D eigenvalue weighted by Gasteiger charge is 2.04. The van der Waals surface area contributed by atoms with Crippen LogP contribution in [0.15, 0.2) is 24.7 Å². The molecule has 0 aliphatic carbocycles. The Hall–Kier alpha value is -0.770. The summed E-state index contributed by atoms with van der Waals surface area (Å²) in [5, 5.41) is 5.58. The van der Waals surface area contributed by atoms with Gasteiger partial charge in [0.2, 0.25) is 0 Å². The molecule has 2 aromatic heterocycles. The summed E-state index contributed by atoms with van der Waals surface area (Å²) >= 11 is 17.4. The highest BCUT2D eigenvalue weighted by atomic mass is 35.5. The third-order valence-corrected chi connectivity index (χ3v) is 2.58. The van der Waals surface area contributed by atoms with Crippen molar-refractivity contribution in [3.05, 3.63) is 45.4 Å². The first-order chi connectivity index (χ1) is 7.15. The zero-order valence-corrected chi connectivity index (χ0v) is 9.76. The van der Waals surface area contributed by atoms with Gasteiger partial charge < -0.3 is 0 Å². The minimum Gasteiger partial charge on any atom is -0.267 e. The molecule has 0 N–H and O–H groups in total. The van der Waals surface area contributed by atoms with E-state index in [0.717, 1.165) is 5.56 Å². The zero-order valence-electron chi connectivity index (χ0n) is 7.49. The van der Waals surface area contributed by atoms with Crippen molar-refractivity contribution in [1.82, 2.24) is 14.8 Å². The first-order valence-electron chi connectivity index (χ1n) is 4.13. The SMILES string of the molecule is Clc1cnn(Cc2cnc(Cl)cc2Cl)c1. The summed E-state index contributed by atoms with van der Waals surface area (Å²) in [6.45, 7) is 0.524. The molecule has 0 unspecified atom stereocenters. The fraction of sp³-hybridized carbons (Fsp3) is 0.111. The van der Waals surface area contributed by atoms with Gasteiger partial charge in [0.15, 0.2) is 0 Å². The summed E-state index contributed by atoms with van der Waals surface area (Å²) in [6.07, 6.45) is 4.91. The van der Waals surface area contributed by atoms with Crippen LogP contribution in [0.5, 0.6) is 0 Å². The van der Waals surface area contributed by atoms with E-state index in [0.29, 0.717) is 21.7 Å². The van der Waals surface area contributed by atoms with E-state index in [4.69, 9.17) is 34.8 Å². The Labute approximate surface area is 102 Å². The largest absolute Gasteiger partial charge is 0.267 e.